The standard InChI is InChI=1S/C50H29N3OS/c1-3-13-30(14-4-1)31-23-25-33(26-24-31)46-49-47(37-20-10-12-22-45(37)55-49)52-50(51-46)53-42-21-11-9-18-35(42)39-28-40-41-27-38(32-15-5-2-6-16-32)34-17-7-8-19-36(34)48(41)54-44(40)29-43(39)53/h1-29H. The highest BCUT2D eigenvalue weighted by Gasteiger charge is 2.22. The van der Waals surface area contributed by atoms with Crippen molar-refractivity contribution in [2.75, 3.05) is 0 Å². The van der Waals surface area contributed by atoms with E-state index in [-0.39, 0.29) is 0 Å². The number of fused-ring (bicyclic) bond motifs is 11. The molecular weight excluding hydrogens is 691 g/mol. The highest BCUT2D eigenvalue weighted by molar-refractivity contribution is 7.26. The fraction of sp³-hybridized carbons (Fsp3) is 0. The number of furan rings is 1. The van der Waals surface area contributed by atoms with Gasteiger partial charge in [0.05, 0.1) is 26.9 Å². The van der Waals surface area contributed by atoms with Gasteiger partial charge in [-0.1, -0.05) is 146 Å². The summed E-state index contributed by atoms with van der Waals surface area (Å²) in [7, 11) is 0. The predicted molar refractivity (Wildman–Crippen MR) is 230 cm³/mol. The Morgan fingerprint density at radius 3 is 1.87 bits per heavy atom. The van der Waals surface area contributed by atoms with Crippen molar-refractivity contribution in [2.24, 2.45) is 0 Å². The van der Waals surface area contributed by atoms with E-state index in [2.05, 4.69) is 180 Å². The van der Waals surface area contributed by atoms with E-state index in [0.717, 1.165) is 76.0 Å². The van der Waals surface area contributed by atoms with Gasteiger partial charge in [0.15, 0.2) is 0 Å². The van der Waals surface area contributed by atoms with Crippen LogP contribution in [0.5, 0.6) is 0 Å². The van der Waals surface area contributed by atoms with Gasteiger partial charge in [-0.2, -0.15) is 0 Å². The van der Waals surface area contributed by atoms with Crippen molar-refractivity contribution in [1.29, 1.82) is 0 Å². The van der Waals surface area contributed by atoms with Crippen molar-refractivity contribution in [3.8, 4) is 39.5 Å². The molecule has 4 aromatic heterocycles. The average molecular weight is 720 g/mol. The van der Waals surface area contributed by atoms with Gasteiger partial charge in [0.1, 0.15) is 11.2 Å². The normalized spacial score (nSPS) is 12.0. The molecule has 0 aliphatic carbocycles. The van der Waals surface area contributed by atoms with Gasteiger partial charge in [0.2, 0.25) is 5.95 Å². The second-order valence-electron chi connectivity index (χ2n) is 14.1. The first kappa shape index (κ1) is 30.4. The van der Waals surface area contributed by atoms with Crippen LogP contribution in [0.4, 0.5) is 0 Å². The van der Waals surface area contributed by atoms with Gasteiger partial charge in [-0.15, -0.1) is 11.3 Å². The minimum absolute atomic E-state index is 0.636. The van der Waals surface area contributed by atoms with Gasteiger partial charge in [0, 0.05) is 48.6 Å². The zero-order chi connectivity index (χ0) is 36.0. The fourth-order valence-corrected chi connectivity index (χ4v) is 9.61. The highest BCUT2D eigenvalue weighted by Crippen LogP contribution is 2.44. The first-order valence-corrected chi connectivity index (χ1v) is 19.3. The van der Waals surface area contributed by atoms with Crippen LogP contribution in [0.1, 0.15) is 0 Å². The molecule has 4 heterocycles. The number of aromatic nitrogens is 3. The molecule has 0 saturated carbocycles. The molecule has 0 atom stereocenters. The van der Waals surface area contributed by atoms with Crippen molar-refractivity contribution in [3.05, 3.63) is 176 Å². The largest absolute Gasteiger partial charge is 0.455 e. The maximum Gasteiger partial charge on any atom is 0.235 e. The Kier molecular flexibility index (Phi) is 6.47. The van der Waals surface area contributed by atoms with Crippen LogP contribution in [-0.4, -0.2) is 14.5 Å². The minimum atomic E-state index is 0.636. The quantitative estimate of drug-likeness (QED) is 0.182. The van der Waals surface area contributed by atoms with Gasteiger partial charge < -0.3 is 4.42 Å². The zero-order valence-corrected chi connectivity index (χ0v) is 30.2. The number of benzene rings is 8. The monoisotopic (exact) mass is 719 g/mol. The lowest BCUT2D eigenvalue weighted by molar-refractivity contribution is 0.673. The van der Waals surface area contributed by atoms with Crippen molar-refractivity contribution in [3.63, 3.8) is 0 Å². The van der Waals surface area contributed by atoms with Crippen LogP contribution < -0.4 is 0 Å². The molecule has 0 unspecified atom stereocenters. The Labute approximate surface area is 319 Å². The van der Waals surface area contributed by atoms with Crippen molar-refractivity contribution < 1.29 is 4.42 Å². The first-order valence-electron chi connectivity index (χ1n) is 18.5. The molecule has 4 nitrogen and oxygen atoms in total. The van der Waals surface area contributed by atoms with Crippen LogP contribution >= 0.6 is 11.3 Å². The summed E-state index contributed by atoms with van der Waals surface area (Å²) >= 11 is 1.75. The van der Waals surface area contributed by atoms with E-state index in [4.69, 9.17) is 14.4 Å². The smallest absolute Gasteiger partial charge is 0.235 e. The number of thiophene rings is 1. The van der Waals surface area contributed by atoms with E-state index >= 15 is 0 Å². The Morgan fingerprint density at radius 2 is 1.07 bits per heavy atom. The first-order chi connectivity index (χ1) is 27.3. The Balaban J connectivity index is 1.14. The summed E-state index contributed by atoms with van der Waals surface area (Å²) in [5.74, 6) is 0.636. The van der Waals surface area contributed by atoms with E-state index in [1.165, 1.54) is 32.3 Å². The summed E-state index contributed by atoms with van der Waals surface area (Å²) in [6, 6.07) is 62.4. The summed E-state index contributed by atoms with van der Waals surface area (Å²) in [6.45, 7) is 0. The SMILES string of the molecule is c1ccc(-c2ccc(-c3nc(-n4c5ccccc5c5cc6c(cc54)oc4c5ccccc5c(-c5ccccc5)cc64)nc4c3sc3ccccc34)cc2)cc1. The summed E-state index contributed by atoms with van der Waals surface area (Å²) in [4.78, 5) is 10.9. The summed E-state index contributed by atoms with van der Waals surface area (Å²) in [6.07, 6.45) is 0. The zero-order valence-electron chi connectivity index (χ0n) is 29.4. The van der Waals surface area contributed by atoms with E-state index in [1.807, 2.05) is 0 Å². The third-order valence-electron chi connectivity index (χ3n) is 11.0. The number of hydrogen-bond acceptors (Lipinski definition) is 4. The molecule has 0 radical (unpaired) electrons. The lowest BCUT2D eigenvalue weighted by Crippen LogP contribution is -2.02. The predicted octanol–water partition coefficient (Wildman–Crippen LogP) is 14.0. The van der Waals surface area contributed by atoms with Crippen molar-refractivity contribution in [1.82, 2.24) is 14.5 Å². The molecule has 12 rings (SSSR count). The van der Waals surface area contributed by atoms with Gasteiger partial charge >= 0.3 is 0 Å². The Bertz CT molecular complexity index is 3470. The number of nitrogens with zero attached hydrogens (tertiary/aromatic N) is 3. The third kappa shape index (κ3) is 4.57. The maximum atomic E-state index is 6.86. The van der Waals surface area contributed by atoms with E-state index < -0.39 is 0 Å². The number of rotatable bonds is 4. The molecule has 0 aliphatic heterocycles. The Hall–Kier alpha value is -7.08. The van der Waals surface area contributed by atoms with Crippen LogP contribution in [0.15, 0.2) is 180 Å². The number of para-hydroxylation sites is 1. The maximum absolute atomic E-state index is 6.86. The van der Waals surface area contributed by atoms with Gasteiger partial charge in [-0.05, 0) is 51.9 Å². The molecule has 0 N–H and O–H groups in total. The molecule has 0 fully saturated rings. The van der Waals surface area contributed by atoms with E-state index in [9.17, 15) is 0 Å². The molecule has 0 saturated heterocycles. The average Bonchev–Trinajstić information content (AvgIpc) is 3.92. The second kappa shape index (κ2) is 11.7. The van der Waals surface area contributed by atoms with Gasteiger partial charge in [0.25, 0.3) is 0 Å². The fourth-order valence-electron chi connectivity index (χ4n) is 8.46. The number of hydrogen-bond donors (Lipinski definition) is 0. The van der Waals surface area contributed by atoms with E-state index in [0.29, 0.717) is 5.95 Å². The highest BCUT2D eigenvalue weighted by atomic mass is 32.1. The van der Waals surface area contributed by atoms with Crippen molar-refractivity contribution >= 4 is 86.2 Å². The van der Waals surface area contributed by atoms with Crippen LogP contribution in [0, 0.1) is 0 Å². The van der Waals surface area contributed by atoms with Crippen LogP contribution in [0.3, 0.4) is 0 Å². The minimum Gasteiger partial charge on any atom is -0.455 e. The second-order valence-corrected chi connectivity index (χ2v) is 15.2. The van der Waals surface area contributed by atoms with E-state index in [1.54, 1.807) is 11.3 Å². The van der Waals surface area contributed by atoms with Crippen LogP contribution in [0.2, 0.25) is 0 Å². The molecule has 8 aromatic carbocycles. The molecule has 0 aliphatic rings. The van der Waals surface area contributed by atoms with Gasteiger partial charge in [-0.3, -0.25) is 4.57 Å². The Morgan fingerprint density at radius 1 is 0.436 bits per heavy atom. The summed E-state index contributed by atoms with van der Waals surface area (Å²) < 4.78 is 11.4. The van der Waals surface area contributed by atoms with Crippen LogP contribution in [0.25, 0.3) is 114 Å². The third-order valence-corrected chi connectivity index (χ3v) is 12.2. The van der Waals surface area contributed by atoms with Crippen molar-refractivity contribution in [2.45, 2.75) is 0 Å². The molecular formula is C50H29N3OS. The summed E-state index contributed by atoms with van der Waals surface area (Å²) in [5.41, 5.74) is 11.5. The molecule has 0 spiro atoms. The molecule has 55 heavy (non-hydrogen) atoms. The summed E-state index contributed by atoms with van der Waals surface area (Å²) in [5, 5.41) is 7.89. The lowest BCUT2D eigenvalue weighted by atomic mass is 9.95. The molecule has 0 amide bonds. The van der Waals surface area contributed by atoms with Gasteiger partial charge in [-0.25, -0.2) is 9.97 Å². The van der Waals surface area contributed by atoms with Crippen LogP contribution in [-0.2, 0) is 0 Å². The molecule has 256 valence electrons. The molecule has 12 aromatic rings. The lowest BCUT2D eigenvalue weighted by Gasteiger charge is -2.10. The molecule has 5 heteroatoms. The molecule has 0 bridgehead atoms. The topological polar surface area (TPSA) is 43.9 Å².